The number of para-hydroxylation sites is 1. The molecule has 0 atom stereocenters. The predicted octanol–water partition coefficient (Wildman–Crippen LogP) is 3.24. The Morgan fingerprint density at radius 2 is 1.90 bits per heavy atom. The van der Waals surface area contributed by atoms with Gasteiger partial charge in [0.25, 0.3) is 0 Å². The second-order valence-electron chi connectivity index (χ2n) is 5.73. The topological polar surface area (TPSA) is 60.2 Å². The van der Waals surface area contributed by atoms with Crippen LogP contribution >= 0.6 is 0 Å². The summed E-state index contributed by atoms with van der Waals surface area (Å²) in [4.78, 5) is 4.16. The van der Waals surface area contributed by atoms with Crippen molar-refractivity contribution in [2.24, 2.45) is 5.84 Å². The number of rotatable bonds is 4. The monoisotopic (exact) mass is 271 g/mol. The Morgan fingerprint density at radius 1 is 1.15 bits per heavy atom. The van der Waals surface area contributed by atoms with Crippen LogP contribution in [0.1, 0.15) is 31.9 Å². The van der Waals surface area contributed by atoms with Crippen LogP contribution in [0.25, 0.3) is 0 Å². The van der Waals surface area contributed by atoms with Crippen molar-refractivity contribution in [3.05, 3.63) is 53.7 Å². The maximum absolute atomic E-state index is 5.93. The van der Waals surface area contributed by atoms with Crippen molar-refractivity contribution in [1.29, 1.82) is 0 Å². The molecule has 2 rings (SSSR count). The first-order chi connectivity index (χ1) is 9.50. The molecule has 4 heteroatoms. The van der Waals surface area contributed by atoms with Crippen LogP contribution in [0.15, 0.2) is 42.6 Å². The number of pyridine rings is 1. The third kappa shape index (κ3) is 3.48. The molecule has 0 aliphatic heterocycles. The van der Waals surface area contributed by atoms with Crippen LogP contribution in [0.2, 0.25) is 0 Å². The molecule has 0 aliphatic rings. The molecular formula is C16H21N3O. The minimum Gasteiger partial charge on any atom is -0.489 e. The summed E-state index contributed by atoms with van der Waals surface area (Å²) in [6, 6.07) is 11.9. The second kappa shape index (κ2) is 5.92. The Hall–Kier alpha value is -2.07. The molecule has 0 saturated heterocycles. The van der Waals surface area contributed by atoms with Gasteiger partial charge >= 0.3 is 0 Å². The van der Waals surface area contributed by atoms with E-state index in [0.717, 1.165) is 11.3 Å². The van der Waals surface area contributed by atoms with Gasteiger partial charge in [0.05, 0.1) is 0 Å². The first kappa shape index (κ1) is 14.3. The Morgan fingerprint density at radius 3 is 2.50 bits per heavy atom. The maximum Gasteiger partial charge on any atom is 0.139 e. The van der Waals surface area contributed by atoms with Gasteiger partial charge in [-0.25, -0.2) is 10.8 Å². The molecule has 0 spiro atoms. The van der Waals surface area contributed by atoms with E-state index in [4.69, 9.17) is 10.6 Å². The molecular weight excluding hydrogens is 250 g/mol. The van der Waals surface area contributed by atoms with E-state index in [0.29, 0.717) is 12.4 Å². The highest BCUT2D eigenvalue weighted by molar-refractivity contribution is 5.39. The van der Waals surface area contributed by atoms with Gasteiger partial charge in [-0.15, -0.1) is 0 Å². The van der Waals surface area contributed by atoms with Crippen molar-refractivity contribution in [2.75, 3.05) is 5.43 Å². The van der Waals surface area contributed by atoms with Gasteiger partial charge in [0.1, 0.15) is 18.2 Å². The first-order valence-corrected chi connectivity index (χ1v) is 6.64. The third-order valence-corrected chi connectivity index (χ3v) is 3.06. The van der Waals surface area contributed by atoms with Gasteiger partial charge in [-0.1, -0.05) is 45.0 Å². The van der Waals surface area contributed by atoms with Crippen molar-refractivity contribution in [3.8, 4) is 5.75 Å². The van der Waals surface area contributed by atoms with Crippen molar-refractivity contribution in [1.82, 2.24) is 4.98 Å². The zero-order valence-corrected chi connectivity index (χ0v) is 12.2. The number of ether oxygens (including phenoxy) is 1. The number of anilines is 1. The van der Waals surface area contributed by atoms with Crippen LogP contribution < -0.4 is 16.0 Å². The lowest BCUT2D eigenvalue weighted by molar-refractivity contribution is 0.297. The van der Waals surface area contributed by atoms with Crippen molar-refractivity contribution in [3.63, 3.8) is 0 Å². The average Bonchev–Trinajstić information content (AvgIpc) is 2.45. The Labute approximate surface area is 120 Å². The molecule has 0 amide bonds. The number of benzene rings is 1. The molecule has 2 aromatic rings. The largest absolute Gasteiger partial charge is 0.489 e. The third-order valence-electron chi connectivity index (χ3n) is 3.06. The fourth-order valence-corrected chi connectivity index (χ4v) is 1.97. The molecule has 0 unspecified atom stereocenters. The van der Waals surface area contributed by atoms with E-state index in [1.54, 1.807) is 6.20 Å². The molecule has 0 saturated carbocycles. The zero-order chi connectivity index (χ0) is 14.6. The molecule has 0 fully saturated rings. The molecule has 0 radical (unpaired) electrons. The number of aromatic nitrogens is 1. The van der Waals surface area contributed by atoms with E-state index in [-0.39, 0.29) is 5.41 Å². The number of nitrogens with two attached hydrogens (primary N) is 1. The molecule has 1 heterocycles. The van der Waals surface area contributed by atoms with Crippen LogP contribution in [0, 0.1) is 0 Å². The van der Waals surface area contributed by atoms with Gasteiger partial charge < -0.3 is 10.2 Å². The molecule has 0 aliphatic carbocycles. The van der Waals surface area contributed by atoms with E-state index in [2.05, 4.69) is 37.2 Å². The fraction of sp³-hybridized carbons (Fsp3) is 0.312. The van der Waals surface area contributed by atoms with Crippen molar-refractivity contribution >= 4 is 5.82 Å². The molecule has 1 aromatic heterocycles. The second-order valence-corrected chi connectivity index (χ2v) is 5.73. The highest BCUT2D eigenvalue weighted by Gasteiger charge is 2.18. The Balaban J connectivity index is 2.10. The summed E-state index contributed by atoms with van der Waals surface area (Å²) >= 11 is 0. The van der Waals surface area contributed by atoms with Crippen LogP contribution in [0.3, 0.4) is 0 Å². The smallest absolute Gasteiger partial charge is 0.139 e. The normalized spacial score (nSPS) is 11.2. The molecule has 0 bridgehead atoms. The molecule has 1 aromatic carbocycles. The summed E-state index contributed by atoms with van der Waals surface area (Å²) in [5.74, 6) is 6.85. The van der Waals surface area contributed by atoms with Gasteiger partial charge in [0.2, 0.25) is 0 Å². The van der Waals surface area contributed by atoms with Gasteiger partial charge in [-0.05, 0) is 23.1 Å². The lowest BCUT2D eigenvalue weighted by Gasteiger charge is -2.22. The van der Waals surface area contributed by atoms with Gasteiger partial charge in [-0.2, -0.15) is 0 Å². The van der Waals surface area contributed by atoms with Gasteiger partial charge in [0, 0.05) is 11.8 Å². The fourth-order valence-electron chi connectivity index (χ4n) is 1.97. The number of nitrogens with one attached hydrogen (secondary N) is 1. The summed E-state index contributed by atoms with van der Waals surface area (Å²) in [6.07, 6.45) is 1.76. The number of hydrogen-bond acceptors (Lipinski definition) is 4. The van der Waals surface area contributed by atoms with E-state index in [9.17, 15) is 0 Å². The number of nitrogen functional groups attached to an aromatic ring is 1. The quantitative estimate of drug-likeness (QED) is 0.662. The highest BCUT2D eigenvalue weighted by atomic mass is 16.5. The van der Waals surface area contributed by atoms with Gasteiger partial charge in [0.15, 0.2) is 0 Å². The highest BCUT2D eigenvalue weighted by Crippen LogP contribution is 2.31. The Bertz CT molecular complexity index is 559. The maximum atomic E-state index is 5.93. The van der Waals surface area contributed by atoms with Crippen LogP contribution in [-0.4, -0.2) is 4.98 Å². The standard InChI is InChI=1S/C16H21N3O/c1-16(2,3)13-6-4-5-7-14(13)20-11-12-8-9-15(19-17)18-10-12/h4-10H,11,17H2,1-3H3,(H,18,19). The first-order valence-electron chi connectivity index (χ1n) is 6.64. The van der Waals surface area contributed by atoms with Crippen LogP contribution in [-0.2, 0) is 12.0 Å². The molecule has 3 N–H and O–H groups in total. The summed E-state index contributed by atoms with van der Waals surface area (Å²) in [5.41, 5.74) is 4.77. The summed E-state index contributed by atoms with van der Waals surface area (Å²) < 4.78 is 5.93. The summed E-state index contributed by atoms with van der Waals surface area (Å²) in [6.45, 7) is 7.03. The SMILES string of the molecule is CC(C)(C)c1ccccc1OCc1ccc(NN)nc1. The zero-order valence-electron chi connectivity index (χ0n) is 12.2. The van der Waals surface area contributed by atoms with Crippen LogP contribution in [0.5, 0.6) is 5.75 Å². The molecule has 4 nitrogen and oxygen atoms in total. The molecule has 106 valence electrons. The van der Waals surface area contributed by atoms with E-state index >= 15 is 0 Å². The number of nitrogens with zero attached hydrogens (tertiary/aromatic N) is 1. The van der Waals surface area contributed by atoms with Crippen molar-refractivity contribution < 1.29 is 4.74 Å². The molecule has 20 heavy (non-hydrogen) atoms. The lowest BCUT2D eigenvalue weighted by Crippen LogP contribution is -2.13. The van der Waals surface area contributed by atoms with E-state index < -0.39 is 0 Å². The average molecular weight is 271 g/mol. The van der Waals surface area contributed by atoms with E-state index in [1.807, 2.05) is 30.3 Å². The van der Waals surface area contributed by atoms with E-state index in [1.165, 1.54) is 5.56 Å². The lowest BCUT2D eigenvalue weighted by atomic mass is 9.86. The number of hydrogen-bond donors (Lipinski definition) is 2. The summed E-state index contributed by atoms with van der Waals surface area (Å²) in [5, 5.41) is 0. The predicted molar refractivity (Wildman–Crippen MR) is 81.5 cm³/mol. The van der Waals surface area contributed by atoms with Crippen molar-refractivity contribution in [2.45, 2.75) is 32.8 Å². The number of hydrazine groups is 1. The Kier molecular flexibility index (Phi) is 4.25. The minimum atomic E-state index is 0.0577. The minimum absolute atomic E-state index is 0.0577. The summed E-state index contributed by atoms with van der Waals surface area (Å²) in [7, 11) is 0. The van der Waals surface area contributed by atoms with Gasteiger partial charge in [-0.3, -0.25) is 0 Å². The van der Waals surface area contributed by atoms with Crippen LogP contribution in [0.4, 0.5) is 5.82 Å².